The van der Waals surface area contributed by atoms with Gasteiger partial charge in [0.15, 0.2) is 0 Å². The lowest BCUT2D eigenvalue weighted by Gasteiger charge is -2.17. The Morgan fingerprint density at radius 1 is 1.15 bits per heavy atom. The summed E-state index contributed by atoms with van der Waals surface area (Å²) >= 11 is 0. The number of pyridine rings is 1. The number of hydrogen-bond acceptors (Lipinski definition) is 3. The second-order valence-electron chi connectivity index (χ2n) is 4.46. The van der Waals surface area contributed by atoms with Gasteiger partial charge in [-0.1, -0.05) is 18.2 Å². The molecule has 1 aromatic heterocycles. The van der Waals surface area contributed by atoms with Crippen LogP contribution in [0.1, 0.15) is 11.4 Å². The number of hydrogen-bond donors (Lipinski definition) is 0. The van der Waals surface area contributed by atoms with E-state index in [0.717, 1.165) is 16.1 Å². The van der Waals surface area contributed by atoms with Crippen molar-refractivity contribution in [2.24, 2.45) is 0 Å². The second kappa shape index (κ2) is 5.68. The number of rotatable bonds is 4. The molecule has 0 aliphatic rings. The first-order valence-corrected chi connectivity index (χ1v) is 7.48. The minimum Gasteiger partial charge on any atom is -0.257 e. The van der Waals surface area contributed by atoms with E-state index in [-0.39, 0.29) is 11.4 Å². The van der Waals surface area contributed by atoms with Crippen molar-refractivity contribution in [3.8, 4) is 0 Å². The van der Waals surface area contributed by atoms with Gasteiger partial charge in [0.05, 0.1) is 12.2 Å². The van der Waals surface area contributed by atoms with Crippen LogP contribution in [0.2, 0.25) is 0 Å². The van der Waals surface area contributed by atoms with Gasteiger partial charge in [-0.25, -0.2) is 12.8 Å². The third kappa shape index (κ3) is 3.02. The van der Waals surface area contributed by atoms with E-state index in [0.29, 0.717) is 5.69 Å². The Balaban J connectivity index is 2.29. The maximum Gasteiger partial charge on any atom is 0.246 e. The predicted molar refractivity (Wildman–Crippen MR) is 74.0 cm³/mol. The molecular weight excluding hydrogens is 279 g/mol. The molecule has 1 heterocycles. The first kappa shape index (κ1) is 14.6. The van der Waals surface area contributed by atoms with Crippen molar-refractivity contribution in [1.29, 1.82) is 0 Å². The lowest BCUT2D eigenvalue weighted by molar-refractivity contribution is 0.455. The average molecular weight is 294 g/mol. The summed E-state index contributed by atoms with van der Waals surface area (Å²) in [4.78, 5) is 3.92. The van der Waals surface area contributed by atoms with E-state index < -0.39 is 15.8 Å². The molecule has 6 heteroatoms. The van der Waals surface area contributed by atoms with Crippen LogP contribution in [0.15, 0.2) is 47.4 Å². The zero-order chi connectivity index (χ0) is 14.8. The summed E-state index contributed by atoms with van der Waals surface area (Å²) in [5, 5.41) is 0. The zero-order valence-electron chi connectivity index (χ0n) is 11.2. The molecule has 2 aromatic rings. The summed E-state index contributed by atoms with van der Waals surface area (Å²) in [6.45, 7) is 1.92. The van der Waals surface area contributed by atoms with E-state index in [1.807, 2.05) is 13.0 Å². The molecule has 20 heavy (non-hydrogen) atoms. The fraction of sp³-hybridized carbons (Fsp3) is 0.214. The van der Waals surface area contributed by atoms with Crippen LogP contribution < -0.4 is 0 Å². The normalized spacial score (nSPS) is 11.8. The summed E-state index contributed by atoms with van der Waals surface area (Å²) in [5.74, 6) is -0.753. The standard InChI is InChI=1S/C14H15FN2O2S/c1-11-6-5-7-12(16-11)10-17(2)20(18,19)14-9-4-3-8-13(14)15/h3-9H,10H2,1-2H3. The van der Waals surface area contributed by atoms with Gasteiger partial charge in [0.1, 0.15) is 10.7 Å². The summed E-state index contributed by atoms with van der Waals surface area (Å²) in [6.07, 6.45) is 0. The SMILES string of the molecule is Cc1cccc(CN(C)S(=O)(=O)c2ccccc2F)n1. The Kier molecular flexibility index (Phi) is 4.15. The minimum atomic E-state index is -3.86. The Bertz CT molecular complexity index is 717. The lowest BCUT2D eigenvalue weighted by Crippen LogP contribution is -2.27. The van der Waals surface area contributed by atoms with Crippen molar-refractivity contribution in [3.63, 3.8) is 0 Å². The molecule has 1 aromatic carbocycles. The smallest absolute Gasteiger partial charge is 0.246 e. The van der Waals surface area contributed by atoms with Crippen molar-refractivity contribution in [3.05, 3.63) is 59.7 Å². The molecule has 0 spiro atoms. The van der Waals surface area contributed by atoms with Gasteiger partial charge < -0.3 is 0 Å². The van der Waals surface area contributed by atoms with Crippen molar-refractivity contribution >= 4 is 10.0 Å². The number of halogens is 1. The topological polar surface area (TPSA) is 50.3 Å². The zero-order valence-corrected chi connectivity index (χ0v) is 12.1. The molecule has 0 saturated heterocycles. The van der Waals surface area contributed by atoms with Crippen LogP contribution in [0.3, 0.4) is 0 Å². The first-order valence-electron chi connectivity index (χ1n) is 6.04. The molecule has 0 radical (unpaired) electrons. The molecule has 0 unspecified atom stereocenters. The number of benzene rings is 1. The van der Waals surface area contributed by atoms with Crippen LogP contribution in [0, 0.1) is 12.7 Å². The molecule has 0 aliphatic carbocycles. The van der Waals surface area contributed by atoms with Crippen molar-refractivity contribution in [2.45, 2.75) is 18.4 Å². The quantitative estimate of drug-likeness (QED) is 0.869. The molecule has 2 rings (SSSR count). The molecule has 0 bridgehead atoms. The summed E-state index contributed by atoms with van der Waals surface area (Å²) in [6, 6.07) is 10.7. The predicted octanol–water partition coefficient (Wildman–Crippen LogP) is 2.35. The third-order valence-electron chi connectivity index (χ3n) is 2.86. The Morgan fingerprint density at radius 2 is 1.85 bits per heavy atom. The van der Waals surface area contributed by atoms with Crippen LogP contribution in [0.5, 0.6) is 0 Å². The fourth-order valence-electron chi connectivity index (χ4n) is 1.82. The highest BCUT2D eigenvalue weighted by Gasteiger charge is 2.24. The van der Waals surface area contributed by atoms with Crippen molar-refractivity contribution < 1.29 is 12.8 Å². The van der Waals surface area contributed by atoms with Crippen LogP contribution in [-0.2, 0) is 16.6 Å². The Labute approximate surface area is 117 Å². The van der Waals surface area contributed by atoms with Crippen LogP contribution in [-0.4, -0.2) is 24.8 Å². The molecule has 0 amide bonds. The van der Waals surface area contributed by atoms with Gasteiger partial charge in [-0.2, -0.15) is 4.31 Å². The monoisotopic (exact) mass is 294 g/mol. The van der Waals surface area contributed by atoms with Gasteiger partial charge in [0.2, 0.25) is 10.0 Å². The van der Waals surface area contributed by atoms with E-state index in [1.165, 1.54) is 25.2 Å². The lowest BCUT2D eigenvalue weighted by atomic mass is 10.3. The summed E-state index contributed by atoms with van der Waals surface area (Å²) < 4.78 is 39.3. The maximum atomic E-state index is 13.6. The van der Waals surface area contributed by atoms with E-state index >= 15 is 0 Å². The van der Waals surface area contributed by atoms with Gasteiger partial charge in [-0.3, -0.25) is 4.98 Å². The minimum absolute atomic E-state index is 0.0956. The Morgan fingerprint density at radius 3 is 2.50 bits per heavy atom. The van der Waals surface area contributed by atoms with Crippen molar-refractivity contribution in [1.82, 2.24) is 9.29 Å². The van der Waals surface area contributed by atoms with Gasteiger partial charge >= 0.3 is 0 Å². The van der Waals surface area contributed by atoms with Crippen molar-refractivity contribution in [2.75, 3.05) is 7.05 Å². The molecule has 106 valence electrons. The largest absolute Gasteiger partial charge is 0.257 e. The molecule has 0 atom stereocenters. The fourth-order valence-corrected chi connectivity index (χ4v) is 3.03. The van der Waals surface area contributed by atoms with E-state index in [2.05, 4.69) is 4.98 Å². The molecular formula is C14H15FN2O2S. The van der Waals surface area contributed by atoms with E-state index in [1.54, 1.807) is 12.1 Å². The highest BCUT2D eigenvalue weighted by molar-refractivity contribution is 7.89. The summed E-state index contributed by atoms with van der Waals surface area (Å²) in [5.41, 5.74) is 1.42. The average Bonchev–Trinajstić information content (AvgIpc) is 2.39. The number of aryl methyl sites for hydroxylation is 1. The highest BCUT2D eigenvalue weighted by Crippen LogP contribution is 2.19. The molecule has 0 saturated carbocycles. The molecule has 0 aliphatic heterocycles. The highest BCUT2D eigenvalue weighted by atomic mass is 32.2. The third-order valence-corrected chi connectivity index (χ3v) is 4.69. The van der Waals surface area contributed by atoms with Crippen LogP contribution in [0.4, 0.5) is 4.39 Å². The number of aromatic nitrogens is 1. The first-order chi connectivity index (χ1) is 9.41. The molecule has 4 nitrogen and oxygen atoms in total. The Hall–Kier alpha value is -1.79. The number of nitrogens with zero attached hydrogens (tertiary/aromatic N) is 2. The van der Waals surface area contributed by atoms with Crippen LogP contribution in [0.25, 0.3) is 0 Å². The second-order valence-corrected chi connectivity index (χ2v) is 6.48. The van der Waals surface area contributed by atoms with E-state index in [9.17, 15) is 12.8 Å². The van der Waals surface area contributed by atoms with Crippen LogP contribution >= 0.6 is 0 Å². The molecule has 0 fully saturated rings. The maximum absolute atomic E-state index is 13.6. The van der Waals surface area contributed by atoms with Gasteiger partial charge in [-0.05, 0) is 31.2 Å². The number of sulfonamides is 1. The molecule has 0 N–H and O–H groups in total. The van der Waals surface area contributed by atoms with Gasteiger partial charge in [0.25, 0.3) is 0 Å². The summed E-state index contributed by atoms with van der Waals surface area (Å²) in [7, 11) is -2.45. The van der Waals surface area contributed by atoms with Gasteiger partial charge in [0, 0.05) is 12.7 Å². The van der Waals surface area contributed by atoms with E-state index in [4.69, 9.17) is 0 Å². The van der Waals surface area contributed by atoms with Gasteiger partial charge in [-0.15, -0.1) is 0 Å².